The molecule has 60 valence electrons. The van der Waals surface area contributed by atoms with Crippen molar-refractivity contribution >= 4 is 5.91 Å². The van der Waals surface area contributed by atoms with Crippen molar-refractivity contribution in [1.29, 1.82) is 0 Å². The van der Waals surface area contributed by atoms with Gasteiger partial charge in [0.05, 0.1) is 0 Å². The first-order valence-electron chi connectivity index (χ1n) is 3.97. The van der Waals surface area contributed by atoms with Crippen LogP contribution in [0.15, 0.2) is 0 Å². The van der Waals surface area contributed by atoms with Crippen molar-refractivity contribution in [2.45, 2.75) is 33.1 Å². The van der Waals surface area contributed by atoms with Crippen molar-refractivity contribution in [3.63, 3.8) is 0 Å². The highest BCUT2D eigenvalue weighted by Crippen LogP contribution is 2.09. The van der Waals surface area contributed by atoms with Crippen LogP contribution in [0.1, 0.15) is 33.1 Å². The molecule has 0 spiro atoms. The number of rotatable bonds is 4. The average molecular weight is 143 g/mol. The van der Waals surface area contributed by atoms with E-state index in [4.69, 9.17) is 0 Å². The molecule has 2 heteroatoms. The zero-order valence-corrected chi connectivity index (χ0v) is 7.11. The third kappa shape index (κ3) is 2.85. The Morgan fingerprint density at radius 3 is 2.40 bits per heavy atom. The van der Waals surface area contributed by atoms with Gasteiger partial charge in [-0.05, 0) is 12.8 Å². The molecule has 0 bridgehead atoms. The van der Waals surface area contributed by atoms with E-state index in [1.807, 2.05) is 0 Å². The highest BCUT2D eigenvalue weighted by Gasteiger charge is 2.12. The van der Waals surface area contributed by atoms with Gasteiger partial charge < -0.3 is 5.32 Å². The Morgan fingerprint density at radius 2 is 2.10 bits per heavy atom. The van der Waals surface area contributed by atoms with Gasteiger partial charge in [-0.1, -0.05) is 20.3 Å². The highest BCUT2D eigenvalue weighted by molar-refractivity contribution is 5.78. The SMILES string of the molecule is CCC[C@H](CC)C(=O)NC. The van der Waals surface area contributed by atoms with Crippen LogP contribution < -0.4 is 5.32 Å². The Labute approximate surface area is 63.0 Å². The average Bonchev–Trinajstić information content (AvgIpc) is 1.99. The predicted octanol–water partition coefficient (Wildman–Crippen LogP) is 1.56. The van der Waals surface area contributed by atoms with Crippen molar-refractivity contribution in [2.75, 3.05) is 7.05 Å². The van der Waals surface area contributed by atoms with E-state index in [2.05, 4.69) is 19.2 Å². The lowest BCUT2D eigenvalue weighted by Crippen LogP contribution is -2.26. The molecule has 0 rings (SSSR count). The van der Waals surface area contributed by atoms with Crippen LogP contribution in [0, 0.1) is 5.92 Å². The van der Waals surface area contributed by atoms with Crippen LogP contribution in [0.4, 0.5) is 0 Å². The molecule has 0 unspecified atom stereocenters. The third-order valence-electron chi connectivity index (χ3n) is 1.75. The molecule has 0 aliphatic carbocycles. The largest absolute Gasteiger partial charge is 0.359 e. The fourth-order valence-electron chi connectivity index (χ4n) is 1.07. The number of nitrogens with one attached hydrogen (secondary N) is 1. The van der Waals surface area contributed by atoms with Gasteiger partial charge >= 0.3 is 0 Å². The maximum atomic E-state index is 11.0. The molecule has 1 amide bonds. The van der Waals surface area contributed by atoms with E-state index in [0.29, 0.717) is 0 Å². The fourth-order valence-corrected chi connectivity index (χ4v) is 1.07. The Hall–Kier alpha value is -0.530. The van der Waals surface area contributed by atoms with E-state index in [0.717, 1.165) is 19.3 Å². The summed E-state index contributed by atoms with van der Waals surface area (Å²) in [5.41, 5.74) is 0. The maximum absolute atomic E-state index is 11.0. The first-order valence-corrected chi connectivity index (χ1v) is 3.97. The summed E-state index contributed by atoms with van der Waals surface area (Å²) in [6, 6.07) is 0. The number of hydrogen-bond donors (Lipinski definition) is 1. The maximum Gasteiger partial charge on any atom is 0.222 e. The molecule has 0 aromatic heterocycles. The fraction of sp³-hybridized carbons (Fsp3) is 0.875. The molecule has 1 N–H and O–H groups in total. The second kappa shape index (κ2) is 5.27. The lowest BCUT2D eigenvalue weighted by atomic mass is 10.0. The van der Waals surface area contributed by atoms with Gasteiger partial charge in [0.25, 0.3) is 0 Å². The lowest BCUT2D eigenvalue weighted by Gasteiger charge is -2.10. The lowest BCUT2D eigenvalue weighted by molar-refractivity contribution is -0.124. The summed E-state index contributed by atoms with van der Waals surface area (Å²) in [6.07, 6.45) is 3.05. The zero-order chi connectivity index (χ0) is 7.98. The molecule has 0 aliphatic rings. The van der Waals surface area contributed by atoms with Crippen LogP contribution in [-0.2, 0) is 4.79 Å². The Kier molecular flexibility index (Phi) is 4.99. The monoisotopic (exact) mass is 143 g/mol. The summed E-state index contributed by atoms with van der Waals surface area (Å²) in [5.74, 6) is 0.416. The summed E-state index contributed by atoms with van der Waals surface area (Å²) in [5, 5.41) is 2.66. The molecule has 0 radical (unpaired) electrons. The molecule has 2 nitrogen and oxygen atoms in total. The molecule has 0 aliphatic heterocycles. The molecule has 1 atom stereocenters. The van der Waals surface area contributed by atoms with E-state index in [9.17, 15) is 4.79 Å². The van der Waals surface area contributed by atoms with Crippen molar-refractivity contribution in [3.05, 3.63) is 0 Å². The zero-order valence-electron chi connectivity index (χ0n) is 7.11. The first kappa shape index (κ1) is 9.47. The minimum atomic E-state index is 0.185. The van der Waals surface area contributed by atoms with Gasteiger partial charge in [-0.15, -0.1) is 0 Å². The quantitative estimate of drug-likeness (QED) is 0.635. The van der Waals surface area contributed by atoms with Crippen molar-refractivity contribution < 1.29 is 4.79 Å². The van der Waals surface area contributed by atoms with Crippen LogP contribution in [-0.4, -0.2) is 13.0 Å². The van der Waals surface area contributed by atoms with Crippen molar-refractivity contribution in [2.24, 2.45) is 5.92 Å². The minimum Gasteiger partial charge on any atom is -0.359 e. The summed E-state index contributed by atoms with van der Waals surface area (Å²) in [4.78, 5) is 11.0. The number of amides is 1. The predicted molar refractivity (Wildman–Crippen MR) is 42.8 cm³/mol. The summed E-state index contributed by atoms with van der Waals surface area (Å²) in [7, 11) is 1.70. The van der Waals surface area contributed by atoms with Crippen LogP contribution >= 0.6 is 0 Å². The number of hydrogen-bond acceptors (Lipinski definition) is 1. The Balaban J connectivity index is 3.68. The molecule has 0 saturated heterocycles. The minimum absolute atomic E-state index is 0.185. The van der Waals surface area contributed by atoms with Gasteiger partial charge in [-0.3, -0.25) is 4.79 Å². The summed E-state index contributed by atoms with van der Waals surface area (Å²) >= 11 is 0. The van der Waals surface area contributed by atoms with Gasteiger partial charge in [-0.25, -0.2) is 0 Å². The summed E-state index contributed by atoms with van der Waals surface area (Å²) < 4.78 is 0. The molecule has 0 heterocycles. The van der Waals surface area contributed by atoms with Crippen LogP contribution in [0.5, 0.6) is 0 Å². The van der Waals surface area contributed by atoms with Gasteiger partial charge in [0.2, 0.25) is 5.91 Å². The molecule has 0 fully saturated rings. The van der Waals surface area contributed by atoms with E-state index >= 15 is 0 Å². The van der Waals surface area contributed by atoms with Gasteiger partial charge in [-0.2, -0.15) is 0 Å². The molecule has 10 heavy (non-hydrogen) atoms. The standard InChI is InChI=1S/C8H17NO/c1-4-6-7(5-2)8(10)9-3/h7H,4-6H2,1-3H3,(H,9,10)/t7-/m0/s1. The van der Waals surface area contributed by atoms with Crippen LogP contribution in [0.2, 0.25) is 0 Å². The number of carbonyl (C=O) groups is 1. The molecular formula is C8H17NO. The Morgan fingerprint density at radius 1 is 1.50 bits per heavy atom. The van der Waals surface area contributed by atoms with E-state index < -0.39 is 0 Å². The summed E-state index contributed by atoms with van der Waals surface area (Å²) in [6.45, 7) is 4.15. The third-order valence-corrected chi connectivity index (χ3v) is 1.75. The first-order chi connectivity index (χ1) is 4.76. The molecule has 0 saturated carbocycles. The second-order valence-corrected chi connectivity index (χ2v) is 2.51. The highest BCUT2D eigenvalue weighted by atomic mass is 16.1. The van der Waals surface area contributed by atoms with E-state index in [1.54, 1.807) is 7.05 Å². The van der Waals surface area contributed by atoms with Crippen molar-refractivity contribution in [1.82, 2.24) is 5.32 Å². The van der Waals surface area contributed by atoms with E-state index in [1.165, 1.54) is 0 Å². The molecule has 0 aromatic carbocycles. The van der Waals surface area contributed by atoms with Crippen LogP contribution in [0.25, 0.3) is 0 Å². The molecular weight excluding hydrogens is 126 g/mol. The Bertz CT molecular complexity index is 101. The van der Waals surface area contributed by atoms with E-state index in [-0.39, 0.29) is 11.8 Å². The van der Waals surface area contributed by atoms with Gasteiger partial charge in [0.15, 0.2) is 0 Å². The topological polar surface area (TPSA) is 29.1 Å². The normalized spacial score (nSPS) is 12.7. The number of carbonyl (C=O) groups excluding carboxylic acids is 1. The van der Waals surface area contributed by atoms with Gasteiger partial charge in [0.1, 0.15) is 0 Å². The second-order valence-electron chi connectivity index (χ2n) is 2.51. The smallest absolute Gasteiger partial charge is 0.222 e. The van der Waals surface area contributed by atoms with Gasteiger partial charge in [0, 0.05) is 13.0 Å². The van der Waals surface area contributed by atoms with Crippen molar-refractivity contribution in [3.8, 4) is 0 Å². The molecule has 0 aromatic rings. The van der Waals surface area contributed by atoms with Crippen LogP contribution in [0.3, 0.4) is 0 Å².